The maximum atomic E-state index is 3.73. The van der Waals surface area contributed by atoms with Gasteiger partial charge in [0.2, 0.25) is 0 Å². The summed E-state index contributed by atoms with van der Waals surface area (Å²) in [5, 5.41) is 3.73. The summed E-state index contributed by atoms with van der Waals surface area (Å²) in [5.41, 5.74) is 1.85. The highest BCUT2D eigenvalue weighted by Crippen LogP contribution is 2.39. The molecular weight excluding hydrogens is 256 g/mol. The third-order valence-corrected chi connectivity index (χ3v) is 4.94. The molecule has 1 aromatic rings. The molecule has 1 N–H and O–H groups in total. The van der Waals surface area contributed by atoms with E-state index in [0.29, 0.717) is 11.5 Å². The molecule has 0 heterocycles. The number of nitrogens with zero attached hydrogens (tertiary/aromatic N) is 1. The molecule has 0 bridgehead atoms. The van der Waals surface area contributed by atoms with Gasteiger partial charge in [0.15, 0.2) is 0 Å². The Kier molecular flexibility index (Phi) is 5.69. The number of rotatable bonds is 6. The lowest BCUT2D eigenvalue weighted by atomic mass is 9.69. The van der Waals surface area contributed by atoms with Gasteiger partial charge in [-0.2, -0.15) is 0 Å². The van der Waals surface area contributed by atoms with Gasteiger partial charge in [0.05, 0.1) is 0 Å². The zero-order valence-corrected chi connectivity index (χ0v) is 14.2. The Labute approximate surface area is 130 Å². The molecule has 1 saturated carbocycles. The Bertz CT molecular complexity index is 413. The molecule has 0 saturated heterocycles. The first-order chi connectivity index (χ1) is 10.1. The largest absolute Gasteiger partial charge is 0.371 e. The minimum Gasteiger partial charge on any atom is -0.371 e. The number of benzene rings is 1. The summed E-state index contributed by atoms with van der Waals surface area (Å²) in [5.74, 6) is 0.744. The second-order valence-electron chi connectivity index (χ2n) is 7.21. The average Bonchev–Trinajstić information content (AvgIpc) is 2.48. The standard InChI is InChI=1S/C19H32N2/c1-5-20-18-12-13-19(3,4)14-16(18)15-21(6-2)17-10-8-7-9-11-17/h7-11,16,18,20H,5-6,12-15H2,1-4H3. The van der Waals surface area contributed by atoms with Gasteiger partial charge < -0.3 is 10.2 Å². The first-order valence-electron chi connectivity index (χ1n) is 8.59. The summed E-state index contributed by atoms with van der Waals surface area (Å²) >= 11 is 0. The molecule has 2 unspecified atom stereocenters. The summed E-state index contributed by atoms with van der Waals surface area (Å²) < 4.78 is 0. The fourth-order valence-electron chi connectivity index (χ4n) is 3.80. The predicted molar refractivity (Wildman–Crippen MR) is 92.9 cm³/mol. The zero-order valence-electron chi connectivity index (χ0n) is 14.2. The van der Waals surface area contributed by atoms with E-state index < -0.39 is 0 Å². The third-order valence-electron chi connectivity index (χ3n) is 4.94. The second-order valence-corrected chi connectivity index (χ2v) is 7.21. The molecule has 2 heteroatoms. The van der Waals surface area contributed by atoms with E-state index in [1.165, 1.54) is 31.5 Å². The first kappa shape index (κ1) is 16.4. The summed E-state index contributed by atoms with van der Waals surface area (Å²) in [6.07, 6.45) is 3.99. The molecule has 21 heavy (non-hydrogen) atoms. The van der Waals surface area contributed by atoms with Crippen molar-refractivity contribution in [2.24, 2.45) is 11.3 Å². The monoisotopic (exact) mass is 288 g/mol. The van der Waals surface area contributed by atoms with Crippen LogP contribution in [0.4, 0.5) is 5.69 Å². The normalized spacial score (nSPS) is 24.8. The molecule has 0 aliphatic heterocycles. The van der Waals surface area contributed by atoms with E-state index in [2.05, 4.69) is 68.2 Å². The van der Waals surface area contributed by atoms with E-state index >= 15 is 0 Å². The van der Waals surface area contributed by atoms with Crippen LogP contribution in [0, 0.1) is 11.3 Å². The van der Waals surface area contributed by atoms with Crippen LogP contribution < -0.4 is 10.2 Å². The number of hydrogen-bond donors (Lipinski definition) is 1. The molecule has 1 aromatic carbocycles. The number of hydrogen-bond acceptors (Lipinski definition) is 2. The molecule has 1 fully saturated rings. The average molecular weight is 288 g/mol. The van der Waals surface area contributed by atoms with Gasteiger partial charge in [0.1, 0.15) is 0 Å². The number of para-hydroxylation sites is 1. The SMILES string of the molecule is CCNC1CCC(C)(C)CC1CN(CC)c1ccccc1. The summed E-state index contributed by atoms with van der Waals surface area (Å²) in [6.45, 7) is 12.7. The topological polar surface area (TPSA) is 15.3 Å². The van der Waals surface area contributed by atoms with Gasteiger partial charge in [0, 0.05) is 24.8 Å². The lowest BCUT2D eigenvalue weighted by molar-refractivity contribution is 0.142. The quantitative estimate of drug-likeness (QED) is 0.839. The van der Waals surface area contributed by atoms with Crippen molar-refractivity contribution in [2.45, 2.75) is 53.0 Å². The predicted octanol–water partition coefficient (Wildman–Crippen LogP) is 4.32. The number of nitrogens with one attached hydrogen (secondary N) is 1. The molecule has 1 aliphatic carbocycles. The van der Waals surface area contributed by atoms with Crippen molar-refractivity contribution in [1.29, 1.82) is 0 Å². The molecule has 2 atom stereocenters. The van der Waals surface area contributed by atoms with E-state index in [4.69, 9.17) is 0 Å². The van der Waals surface area contributed by atoms with Gasteiger partial charge in [-0.3, -0.25) is 0 Å². The Hall–Kier alpha value is -1.02. The van der Waals surface area contributed by atoms with Gasteiger partial charge >= 0.3 is 0 Å². The fourth-order valence-corrected chi connectivity index (χ4v) is 3.80. The van der Waals surface area contributed by atoms with Crippen molar-refractivity contribution in [2.75, 3.05) is 24.5 Å². The van der Waals surface area contributed by atoms with Crippen LogP contribution in [0.1, 0.15) is 47.0 Å². The van der Waals surface area contributed by atoms with Crippen LogP contribution in [0.15, 0.2) is 30.3 Å². The van der Waals surface area contributed by atoms with Crippen LogP contribution in [-0.4, -0.2) is 25.7 Å². The summed E-state index contributed by atoms with van der Waals surface area (Å²) in [6, 6.07) is 11.5. The van der Waals surface area contributed by atoms with Gasteiger partial charge in [-0.05, 0) is 56.2 Å². The van der Waals surface area contributed by atoms with Crippen molar-refractivity contribution in [1.82, 2.24) is 5.32 Å². The van der Waals surface area contributed by atoms with Crippen molar-refractivity contribution in [3.63, 3.8) is 0 Å². The fraction of sp³-hybridized carbons (Fsp3) is 0.684. The highest BCUT2D eigenvalue weighted by molar-refractivity contribution is 5.45. The van der Waals surface area contributed by atoms with E-state index in [0.717, 1.165) is 19.0 Å². The minimum absolute atomic E-state index is 0.493. The molecule has 118 valence electrons. The molecule has 0 radical (unpaired) electrons. The van der Waals surface area contributed by atoms with E-state index in [9.17, 15) is 0 Å². The Balaban J connectivity index is 2.08. The molecule has 0 amide bonds. The maximum absolute atomic E-state index is 3.73. The van der Waals surface area contributed by atoms with Gasteiger partial charge in [-0.1, -0.05) is 39.0 Å². The van der Waals surface area contributed by atoms with Crippen LogP contribution in [0.3, 0.4) is 0 Å². The lowest BCUT2D eigenvalue weighted by Crippen LogP contribution is -2.47. The smallest absolute Gasteiger partial charge is 0.0366 e. The van der Waals surface area contributed by atoms with Crippen molar-refractivity contribution in [3.05, 3.63) is 30.3 Å². The summed E-state index contributed by atoms with van der Waals surface area (Å²) in [7, 11) is 0. The van der Waals surface area contributed by atoms with Crippen molar-refractivity contribution >= 4 is 5.69 Å². The molecule has 2 nitrogen and oxygen atoms in total. The highest BCUT2D eigenvalue weighted by atomic mass is 15.1. The second kappa shape index (κ2) is 7.31. The van der Waals surface area contributed by atoms with Crippen molar-refractivity contribution < 1.29 is 0 Å². The number of anilines is 1. The first-order valence-corrected chi connectivity index (χ1v) is 8.59. The van der Waals surface area contributed by atoms with Gasteiger partial charge in [0.25, 0.3) is 0 Å². The molecule has 2 rings (SSSR count). The highest BCUT2D eigenvalue weighted by Gasteiger charge is 2.35. The van der Waals surface area contributed by atoms with Crippen LogP contribution in [0.2, 0.25) is 0 Å². The molecule has 1 aliphatic rings. The third kappa shape index (κ3) is 4.47. The van der Waals surface area contributed by atoms with Crippen LogP contribution in [-0.2, 0) is 0 Å². The van der Waals surface area contributed by atoms with Gasteiger partial charge in [-0.15, -0.1) is 0 Å². The van der Waals surface area contributed by atoms with Crippen LogP contribution in [0.5, 0.6) is 0 Å². The summed E-state index contributed by atoms with van der Waals surface area (Å²) in [4.78, 5) is 2.54. The van der Waals surface area contributed by atoms with Crippen molar-refractivity contribution in [3.8, 4) is 0 Å². The zero-order chi connectivity index (χ0) is 15.3. The molecular formula is C19H32N2. The van der Waals surface area contributed by atoms with E-state index in [1.807, 2.05) is 0 Å². The Morgan fingerprint density at radius 3 is 2.52 bits per heavy atom. The van der Waals surface area contributed by atoms with E-state index in [1.54, 1.807) is 0 Å². The molecule has 0 spiro atoms. The Morgan fingerprint density at radius 2 is 1.90 bits per heavy atom. The Morgan fingerprint density at radius 1 is 1.19 bits per heavy atom. The molecule has 0 aromatic heterocycles. The van der Waals surface area contributed by atoms with E-state index in [-0.39, 0.29) is 0 Å². The maximum Gasteiger partial charge on any atom is 0.0366 e. The minimum atomic E-state index is 0.493. The van der Waals surface area contributed by atoms with Gasteiger partial charge in [-0.25, -0.2) is 0 Å². The lowest BCUT2D eigenvalue weighted by Gasteiger charge is -2.43. The van der Waals surface area contributed by atoms with Crippen LogP contribution in [0.25, 0.3) is 0 Å². The van der Waals surface area contributed by atoms with Crippen LogP contribution >= 0.6 is 0 Å².